The molecule has 0 fully saturated rings. The summed E-state index contributed by atoms with van der Waals surface area (Å²) in [5, 5.41) is 3.89. The van der Waals surface area contributed by atoms with Gasteiger partial charge in [0.25, 0.3) is 0 Å². The average molecular weight is 374 g/mol. The van der Waals surface area contributed by atoms with Crippen LogP contribution in [0.2, 0.25) is 0 Å². The van der Waals surface area contributed by atoms with E-state index in [4.69, 9.17) is 28.2 Å². The zero-order valence-electron chi connectivity index (χ0n) is 13.5. The highest BCUT2D eigenvalue weighted by atomic mass is 31.1. The Morgan fingerprint density at radius 1 is 1.15 bits per heavy atom. The van der Waals surface area contributed by atoms with Gasteiger partial charge in [-0.25, -0.2) is 4.52 Å². The summed E-state index contributed by atoms with van der Waals surface area (Å²) in [5.41, 5.74) is 2.27. The van der Waals surface area contributed by atoms with Gasteiger partial charge in [-0.1, -0.05) is 17.3 Å². The number of hydrogen-bond donors (Lipinski definition) is 1. The Kier molecular flexibility index (Phi) is 4.20. The Bertz CT molecular complexity index is 968. The summed E-state index contributed by atoms with van der Waals surface area (Å²) >= 11 is 0. The van der Waals surface area contributed by atoms with Crippen molar-refractivity contribution in [1.29, 1.82) is 0 Å². The van der Waals surface area contributed by atoms with Crippen molar-refractivity contribution in [2.75, 3.05) is 13.9 Å². The molecule has 1 aromatic heterocycles. The number of ether oxygens (including phenoxy) is 3. The minimum Gasteiger partial charge on any atom is -0.493 e. The molecular weight excluding hydrogens is 361 g/mol. The van der Waals surface area contributed by atoms with Crippen molar-refractivity contribution in [2.45, 2.75) is 0 Å². The third-order valence-electron chi connectivity index (χ3n) is 3.84. The van der Waals surface area contributed by atoms with E-state index in [0.717, 1.165) is 16.7 Å². The van der Waals surface area contributed by atoms with Crippen LogP contribution in [0.5, 0.6) is 23.0 Å². The predicted molar refractivity (Wildman–Crippen MR) is 90.5 cm³/mol. The molecular formula is C17H13NO7P+. The average Bonchev–Trinajstić information content (AvgIpc) is 3.30. The Morgan fingerprint density at radius 2 is 1.96 bits per heavy atom. The summed E-state index contributed by atoms with van der Waals surface area (Å²) in [7, 11) is -1.15. The molecule has 4 rings (SSSR count). The second-order valence-electron chi connectivity index (χ2n) is 5.33. The molecule has 0 saturated heterocycles. The van der Waals surface area contributed by atoms with Crippen molar-refractivity contribution in [1.82, 2.24) is 5.16 Å². The first-order valence-electron chi connectivity index (χ1n) is 7.53. The van der Waals surface area contributed by atoms with Gasteiger partial charge >= 0.3 is 8.25 Å². The van der Waals surface area contributed by atoms with E-state index in [-0.39, 0.29) is 6.79 Å². The van der Waals surface area contributed by atoms with E-state index in [0.29, 0.717) is 28.8 Å². The molecule has 8 nitrogen and oxygen atoms in total. The molecule has 1 atom stereocenters. The molecule has 2 heterocycles. The van der Waals surface area contributed by atoms with Gasteiger partial charge in [0.15, 0.2) is 23.0 Å². The second kappa shape index (κ2) is 6.67. The first kappa shape index (κ1) is 16.4. The van der Waals surface area contributed by atoms with Crippen LogP contribution in [0.1, 0.15) is 0 Å². The number of rotatable bonds is 5. The Labute approximate surface area is 148 Å². The topological polar surface area (TPSA) is 100 Å². The maximum absolute atomic E-state index is 10.7. The van der Waals surface area contributed by atoms with Gasteiger partial charge in [0, 0.05) is 15.7 Å². The molecule has 1 aliphatic rings. The maximum atomic E-state index is 10.7. The molecule has 0 aliphatic carbocycles. The molecule has 0 radical (unpaired) electrons. The monoisotopic (exact) mass is 374 g/mol. The van der Waals surface area contributed by atoms with E-state index in [2.05, 4.69) is 5.16 Å². The molecule has 0 amide bonds. The Hall–Kier alpha value is -3.09. The number of hydrogen-bond acceptors (Lipinski definition) is 7. The van der Waals surface area contributed by atoms with E-state index in [1.165, 1.54) is 0 Å². The number of fused-ring (bicyclic) bond motifs is 1. The van der Waals surface area contributed by atoms with Crippen LogP contribution in [0.25, 0.3) is 22.5 Å². The lowest BCUT2D eigenvalue weighted by atomic mass is 10.0. The van der Waals surface area contributed by atoms with Crippen LogP contribution in [0.3, 0.4) is 0 Å². The first-order chi connectivity index (χ1) is 12.7. The SMILES string of the molecule is COc1cc(-c2oncc2-c2ccc(O[P+](=O)O)cc2)cc2c1OCO2. The maximum Gasteiger partial charge on any atom is 0.747 e. The van der Waals surface area contributed by atoms with Crippen LogP contribution in [0, 0.1) is 0 Å². The molecule has 0 saturated carbocycles. The van der Waals surface area contributed by atoms with Gasteiger partial charge in [0.05, 0.1) is 13.3 Å². The van der Waals surface area contributed by atoms with E-state index in [1.807, 2.05) is 0 Å². The third kappa shape index (κ3) is 2.96. The predicted octanol–water partition coefficient (Wildman–Crippen LogP) is 3.77. The lowest BCUT2D eigenvalue weighted by molar-refractivity contribution is 0.171. The number of methoxy groups -OCH3 is 1. The number of nitrogens with zero attached hydrogens (tertiary/aromatic N) is 1. The molecule has 3 aromatic rings. The first-order valence-corrected chi connectivity index (χ1v) is 8.66. The fourth-order valence-corrected chi connectivity index (χ4v) is 3.00. The van der Waals surface area contributed by atoms with Crippen LogP contribution >= 0.6 is 8.25 Å². The fraction of sp³-hybridized carbons (Fsp3) is 0.118. The third-order valence-corrected chi connectivity index (χ3v) is 4.21. The molecule has 26 heavy (non-hydrogen) atoms. The summed E-state index contributed by atoms with van der Waals surface area (Å²) in [6.07, 6.45) is 1.59. The van der Waals surface area contributed by atoms with Gasteiger partial charge in [-0.3, -0.25) is 0 Å². The van der Waals surface area contributed by atoms with Crippen molar-refractivity contribution in [2.24, 2.45) is 0 Å². The second-order valence-corrected chi connectivity index (χ2v) is 5.99. The van der Waals surface area contributed by atoms with E-state index >= 15 is 0 Å². The molecule has 1 aliphatic heterocycles. The molecule has 9 heteroatoms. The van der Waals surface area contributed by atoms with Gasteiger partial charge in [-0.2, -0.15) is 0 Å². The summed E-state index contributed by atoms with van der Waals surface area (Å²) < 4.78 is 37.1. The van der Waals surface area contributed by atoms with Crippen molar-refractivity contribution in [3.63, 3.8) is 0 Å². The van der Waals surface area contributed by atoms with Crippen molar-refractivity contribution in [3.8, 4) is 45.4 Å². The standard InChI is InChI=1S/C17H12NO7P/c1-21-14-6-11(7-15-17(14)23-9-22-15)16-13(8-18-24-16)10-2-4-12(5-3-10)25-26(19)20/h2-8H,9H2,1H3/p+1. The molecule has 1 N–H and O–H groups in total. The molecule has 0 spiro atoms. The number of benzene rings is 2. The molecule has 1 unspecified atom stereocenters. The minimum atomic E-state index is -2.70. The summed E-state index contributed by atoms with van der Waals surface area (Å²) in [6, 6.07) is 10.3. The van der Waals surface area contributed by atoms with Gasteiger partial charge in [0.1, 0.15) is 0 Å². The van der Waals surface area contributed by atoms with Gasteiger partial charge in [0.2, 0.25) is 12.5 Å². The van der Waals surface area contributed by atoms with E-state index in [9.17, 15) is 4.57 Å². The van der Waals surface area contributed by atoms with E-state index < -0.39 is 8.25 Å². The zero-order chi connectivity index (χ0) is 18.1. The molecule has 0 bridgehead atoms. The van der Waals surface area contributed by atoms with Crippen LogP contribution in [-0.4, -0.2) is 24.0 Å². The quantitative estimate of drug-likeness (QED) is 0.674. The fourth-order valence-electron chi connectivity index (χ4n) is 2.70. The van der Waals surface area contributed by atoms with E-state index in [1.54, 1.807) is 49.7 Å². The Balaban J connectivity index is 1.73. The summed E-state index contributed by atoms with van der Waals surface area (Å²) in [6.45, 7) is 0.132. The van der Waals surface area contributed by atoms with Gasteiger partial charge in [-0.05, 0) is 29.8 Å². The zero-order valence-corrected chi connectivity index (χ0v) is 14.4. The minimum absolute atomic E-state index is 0.132. The van der Waals surface area contributed by atoms with Gasteiger partial charge < -0.3 is 18.7 Å². The summed E-state index contributed by atoms with van der Waals surface area (Å²) in [5.74, 6) is 2.48. The van der Waals surface area contributed by atoms with Gasteiger partial charge in [-0.15, -0.1) is 4.89 Å². The van der Waals surface area contributed by atoms with Crippen molar-refractivity contribution < 1.29 is 32.7 Å². The lowest BCUT2D eigenvalue weighted by Gasteiger charge is -2.08. The van der Waals surface area contributed by atoms with Crippen LogP contribution in [0.4, 0.5) is 0 Å². The number of aromatic nitrogens is 1. The van der Waals surface area contributed by atoms with Crippen molar-refractivity contribution >= 4 is 8.25 Å². The highest BCUT2D eigenvalue weighted by Gasteiger charge is 2.23. The largest absolute Gasteiger partial charge is 0.747 e. The summed E-state index contributed by atoms with van der Waals surface area (Å²) in [4.78, 5) is 8.81. The van der Waals surface area contributed by atoms with Crippen molar-refractivity contribution in [3.05, 3.63) is 42.6 Å². The normalized spacial score (nSPS) is 12.8. The van der Waals surface area contributed by atoms with Crippen LogP contribution in [-0.2, 0) is 4.57 Å². The Morgan fingerprint density at radius 3 is 2.69 bits per heavy atom. The smallest absolute Gasteiger partial charge is 0.493 e. The highest BCUT2D eigenvalue weighted by Crippen LogP contribution is 2.45. The molecule has 2 aromatic carbocycles. The van der Waals surface area contributed by atoms with Crippen LogP contribution < -0.4 is 18.7 Å². The lowest BCUT2D eigenvalue weighted by Crippen LogP contribution is -1.93. The molecule has 132 valence electrons. The van der Waals surface area contributed by atoms with Crippen LogP contribution in [0.15, 0.2) is 47.1 Å². The highest BCUT2D eigenvalue weighted by molar-refractivity contribution is 7.32.